The highest BCUT2D eigenvalue weighted by atomic mass is 16.5. The molecule has 150 valence electrons. The van der Waals surface area contributed by atoms with Crippen molar-refractivity contribution >= 4 is 0 Å². The third kappa shape index (κ3) is 3.59. The Bertz CT molecular complexity index is 798. The van der Waals surface area contributed by atoms with Crippen molar-refractivity contribution in [2.24, 2.45) is 11.8 Å². The number of rotatable bonds is 4. The maximum atomic E-state index is 5.57. The Kier molecular flexibility index (Phi) is 5.51. The minimum Gasteiger partial charge on any atom is -0.497 e. The van der Waals surface area contributed by atoms with E-state index in [1.54, 1.807) is 7.11 Å². The molecule has 4 unspecified atom stereocenters. The number of ether oxygens (including phenoxy) is 1. The van der Waals surface area contributed by atoms with Crippen molar-refractivity contribution in [3.63, 3.8) is 0 Å². The van der Waals surface area contributed by atoms with E-state index >= 15 is 0 Å². The van der Waals surface area contributed by atoms with Crippen LogP contribution >= 0.6 is 0 Å². The summed E-state index contributed by atoms with van der Waals surface area (Å²) in [5.41, 5.74) is 4.61. The topological polar surface area (TPSA) is 12.5 Å². The van der Waals surface area contributed by atoms with Crippen molar-refractivity contribution in [1.82, 2.24) is 4.90 Å². The minimum absolute atomic E-state index is 0.315. The lowest BCUT2D eigenvalue weighted by Gasteiger charge is -2.54. The van der Waals surface area contributed by atoms with Crippen LogP contribution in [0, 0.1) is 18.8 Å². The monoisotopic (exact) mass is 377 g/mol. The first-order valence-electron chi connectivity index (χ1n) is 11.0. The molecular formula is C26H35NO. The zero-order valence-corrected chi connectivity index (χ0v) is 17.9. The van der Waals surface area contributed by atoms with E-state index in [1.165, 1.54) is 55.5 Å². The second-order valence-electron chi connectivity index (χ2n) is 9.30. The van der Waals surface area contributed by atoms with Crippen molar-refractivity contribution < 1.29 is 4.74 Å². The second-order valence-corrected chi connectivity index (χ2v) is 9.30. The highest BCUT2D eigenvalue weighted by Crippen LogP contribution is 2.52. The SMILES string of the molecule is COc1cccc(C23CCN(C(C)c4ccc(C)cc4)CC2CCC(C)C3)c1. The van der Waals surface area contributed by atoms with E-state index in [9.17, 15) is 0 Å². The molecule has 28 heavy (non-hydrogen) atoms. The molecule has 1 aliphatic heterocycles. The molecule has 0 amide bonds. The van der Waals surface area contributed by atoms with Gasteiger partial charge in [0, 0.05) is 18.0 Å². The number of hydrogen-bond acceptors (Lipinski definition) is 2. The molecule has 2 aromatic carbocycles. The summed E-state index contributed by atoms with van der Waals surface area (Å²) in [6.45, 7) is 9.38. The van der Waals surface area contributed by atoms with Gasteiger partial charge in [-0.15, -0.1) is 0 Å². The van der Waals surface area contributed by atoms with Crippen LogP contribution < -0.4 is 4.74 Å². The second kappa shape index (κ2) is 7.91. The molecule has 0 N–H and O–H groups in total. The van der Waals surface area contributed by atoms with Gasteiger partial charge >= 0.3 is 0 Å². The van der Waals surface area contributed by atoms with Crippen LogP contribution in [-0.4, -0.2) is 25.1 Å². The lowest BCUT2D eigenvalue weighted by Crippen LogP contribution is -2.53. The van der Waals surface area contributed by atoms with Gasteiger partial charge in [-0.3, -0.25) is 4.90 Å². The predicted octanol–water partition coefficient (Wildman–Crippen LogP) is 6.14. The van der Waals surface area contributed by atoms with Crippen molar-refractivity contribution in [2.45, 2.75) is 57.9 Å². The van der Waals surface area contributed by atoms with Crippen molar-refractivity contribution in [1.29, 1.82) is 0 Å². The van der Waals surface area contributed by atoms with Gasteiger partial charge in [-0.2, -0.15) is 0 Å². The van der Waals surface area contributed by atoms with Gasteiger partial charge in [-0.05, 0) is 74.8 Å². The molecule has 1 saturated carbocycles. The molecule has 2 nitrogen and oxygen atoms in total. The number of hydrogen-bond donors (Lipinski definition) is 0. The van der Waals surface area contributed by atoms with Crippen molar-refractivity contribution in [3.05, 3.63) is 65.2 Å². The van der Waals surface area contributed by atoms with Crippen LogP contribution in [0.3, 0.4) is 0 Å². The zero-order chi connectivity index (χ0) is 19.7. The molecule has 0 radical (unpaired) electrons. The standard InChI is InChI=1S/C26H35NO/c1-19-8-11-22(12-9-19)21(3)27-15-14-26(17-20(2)10-13-24(26)18-27)23-6-5-7-25(16-23)28-4/h5-9,11-12,16,20-21,24H,10,13-15,17-18H2,1-4H3. The molecule has 4 atom stereocenters. The first kappa shape index (κ1) is 19.5. The van der Waals surface area contributed by atoms with Crippen LogP contribution in [0.2, 0.25) is 0 Å². The summed E-state index contributed by atoms with van der Waals surface area (Å²) >= 11 is 0. The molecule has 1 saturated heterocycles. The summed E-state index contributed by atoms with van der Waals surface area (Å²) < 4.78 is 5.57. The number of methoxy groups -OCH3 is 1. The van der Waals surface area contributed by atoms with Gasteiger partial charge in [0.2, 0.25) is 0 Å². The van der Waals surface area contributed by atoms with Gasteiger partial charge in [0.15, 0.2) is 0 Å². The van der Waals surface area contributed by atoms with E-state index in [1.807, 2.05) is 0 Å². The molecule has 1 heterocycles. The van der Waals surface area contributed by atoms with E-state index in [2.05, 4.69) is 74.2 Å². The number of likely N-dealkylation sites (tertiary alicyclic amines) is 1. The molecule has 4 rings (SSSR count). The summed E-state index contributed by atoms with van der Waals surface area (Å²) in [5.74, 6) is 2.54. The Morgan fingerprint density at radius 2 is 1.89 bits per heavy atom. The molecule has 1 aliphatic carbocycles. The zero-order valence-electron chi connectivity index (χ0n) is 17.9. The Hall–Kier alpha value is -1.80. The van der Waals surface area contributed by atoms with Gasteiger partial charge in [0.1, 0.15) is 5.75 Å². The summed E-state index contributed by atoms with van der Waals surface area (Å²) in [4.78, 5) is 2.73. The lowest BCUT2D eigenvalue weighted by molar-refractivity contribution is 0.0207. The van der Waals surface area contributed by atoms with E-state index in [0.717, 1.165) is 17.6 Å². The number of piperidine rings is 1. The first-order chi connectivity index (χ1) is 13.5. The van der Waals surface area contributed by atoms with Gasteiger partial charge < -0.3 is 4.74 Å². The third-order valence-corrected chi connectivity index (χ3v) is 7.55. The molecule has 0 bridgehead atoms. The molecular weight excluding hydrogens is 342 g/mol. The number of fused-ring (bicyclic) bond motifs is 1. The number of nitrogens with zero attached hydrogens (tertiary/aromatic N) is 1. The highest BCUT2D eigenvalue weighted by Gasteiger charge is 2.47. The van der Waals surface area contributed by atoms with E-state index < -0.39 is 0 Å². The fourth-order valence-electron chi connectivity index (χ4n) is 5.78. The van der Waals surface area contributed by atoms with Crippen LogP contribution in [0.15, 0.2) is 48.5 Å². The highest BCUT2D eigenvalue weighted by molar-refractivity contribution is 5.36. The maximum absolute atomic E-state index is 5.57. The van der Waals surface area contributed by atoms with Gasteiger partial charge in [0.05, 0.1) is 7.11 Å². The Morgan fingerprint density at radius 1 is 1.11 bits per heavy atom. The van der Waals surface area contributed by atoms with Crippen molar-refractivity contribution in [2.75, 3.05) is 20.2 Å². The van der Waals surface area contributed by atoms with Crippen LogP contribution in [-0.2, 0) is 5.41 Å². The van der Waals surface area contributed by atoms with E-state index in [4.69, 9.17) is 4.74 Å². The quantitative estimate of drug-likeness (QED) is 0.634. The molecule has 2 heteroatoms. The largest absolute Gasteiger partial charge is 0.497 e. The van der Waals surface area contributed by atoms with Crippen LogP contribution in [0.4, 0.5) is 0 Å². The van der Waals surface area contributed by atoms with Gasteiger partial charge in [-0.25, -0.2) is 0 Å². The van der Waals surface area contributed by atoms with Gasteiger partial charge in [0.25, 0.3) is 0 Å². The average molecular weight is 378 g/mol. The summed E-state index contributed by atoms with van der Waals surface area (Å²) in [5, 5.41) is 0. The third-order valence-electron chi connectivity index (χ3n) is 7.55. The smallest absolute Gasteiger partial charge is 0.119 e. The normalized spacial score (nSPS) is 29.1. The predicted molar refractivity (Wildman–Crippen MR) is 117 cm³/mol. The fraction of sp³-hybridized carbons (Fsp3) is 0.538. The molecule has 0 spiro atoms. The minimum atomic E-state index is 0.315. The van der Waals surface area contributed by atoms with Crippen LogP contribution in [0.1, 0.15) is 62.3 Å². The summed E-state index contributed by atoms with van der Waals surface area (Å²) in [7, 11) is 1.78. The Balaban J connectivity index is 1.60. The average Bonchev–Trinajstić information content (AvgIpc) is 2.73. The Morgan fingerprint density at radius 3 is 2.64 bits per heavy atom. The lowest BCUT2D eigenvalue weighted by atomic mass is 9.57. The van der Waals surface area contributed by atoms with Crippen LogP contribution in [0.5, 0.6) is 5.75 Å². The maximum Gasteiger partial charge on any atom is 0.119 e. The first-order valence-corrected chi connectivity index (χ1v) is 11.0. The number of benzene rings is 2. The van der Waals surface area contributed by atoms with Crippen molar-refractivity contribution in [3.8, 4) is 5.75 Å². The molecule has 2 fully saturated rings. The van der Waals surface area contributed by atoms with Crippen LogP contribution in [0.25, 0.3) is 0 Å². The van der Waals surface area contributed by atoms with Gasteiger partial charge in [-0.1, -0.05) is 55.3 Å². The number of aryl methyl sites for hydroxylation is 1. The fourth-order valence-corrected chi connectivity index (χ4v) is 5.78. The summed E-state index contributed by atoms with van der Waals surface area (Å²) in [6, 6.07) is 18.5. The molecule has 0 aromatic heterocycles. The Labute approximate surface area is 170 Å². The van der Waals surface area contributed by atoms with E-state index in [0.29, 0.717) is 11.5 Å². The van der Waals surface area contributed by atoms with E-state index in [-0.39, 0.29) is 0 Å². The summed E-state index contributed by atoms with van der Waals surface area (Å²) in [6.07, 6.45) is 5.28. The molecule has 2 aromatic rings. The molecule has 2 aliphatic rings.